The Kier molecular flexibility index (Phi) is 3.13. The third-order valence-electron chi connectivity index (χ3n) is 8.79. The highest BCUT2D eigenvalue weighted by atomic mass is 16.7. The quantitative estimate of drug-likeness (QED) is 0.541. The Morgan fingerprint density at radius 1 is 1.20 bits per heavy atom. The van der Waals surface area contributed by atoms with Gasteiger partial charge in [-0.25, -0.2) is 0 Å². The summed E-state index contributed by atoms with van der Waals surface area (Å²) in [5.41, 5.74) is -0.294. The van der Waals surface area contributed by atoms with Gasteiger partial charge in [-0.15, -0.1) is 0 Å². The Morgan fingerprint density at radius 3 is 2.76 bits per heavy atom. The number of hydrogen-bond acceptors (Lipinski definition) is 4. The average Bonchev–Trinajstić information content (AvgIpc) is 2.60. The number of ketones is 2. The van der Waals surface area contributed by atoms with Crippen molar-refractivity contribution in [2.24, 2.45) is 34.0 Å². The van der Waals surface area contributed by atoms with E-state index in [0.717, 1.165) is 32.1 Å². The van der Waals surface area contributed by atoms with E-state index in [0.29, 0.717) is 25.0 Å². The molecule has 25 heavy (non-hydrogen) atoms. The van der Waals surface area contributed by atoms with Crippen molar-refractivity contribution in [1.82, 2.24) is 0 Å². The zero-order valence-corrected chi connectivity index (χ0v) is 15.3. The minimum absolute atomic E-state index is 0.0291. The van der Waals surface area contributed by atoms with Crippen molar-refractivity contribution in [3.05, 3.63) is 12.2 Å². The van der Waals surface area contributed by atoms with Crippen LogP contribution in [0.25, 0.3) is 0 Å². The largest absolute Gasteiger partial charge is 0.355 e. The highest BCUT2D eigenvalue weighted by Crippen LogP contribution is 2.72. The summed E-state index contributed by atoms with van der Waals surface area (Å²) >= 11 is 0. The molecule has 1 heterocycles. The van der Waals surface area contributed by atoms with E-state index in [2.05, 4.69) is 13.5 Å². The van der Waals surface area contributed by atoms with Crippen molar-refractivity contribution in [2.75, 3.05) is 13.7 Å². The first kappa shape index (κ1) is 16.2. The van der Waals surface area contributed by atoms with Crippen LogP contribution in [-0.4, -0.2) is 31.6 Å². The number of carbonyl (C=O) groups is 2. The summed E-state index contributed by atoms with van der Waals surface area (Å²) in [5.74, 6) is 0.814. The van der Waals surface area contributed by atoms with Crippen LogP contribution in [0.15, 0.2) is 12.2 Å². The third kappa shape index (κ3) is 1.63. The Labute approximate surface area is 149 Å². The second kappa shape index (κ2) is 4.83. The van der Waals surface area contributed by atoms with Gasteiger partial charge in [-0.1, -0.05) is 19.9 Å². The predicted octanol–water partition coefficient (Wildman–Crippen LogP) is 3.30. The van der Waals surface area contributed by atoms with Crippen LogP contribution in [0.4, 0.5) is 0 Å². The van der Waals surface area contributed by atoms with E-state index in [1.807, 2.05) is 0 Å². The molecule has 1 aliphatic heterocycles. The van der Waals surface area contributed by atoms with Gasteiger partial charge in [0.1, 0.15) is 5.78 Å². The number of hydrogen-bond donors (Lipinski definition) is 0. The van der Waals surface area contributed by atoms with Gasteiger partial charge in [0.25, 0.3) is 0 Å². The van der Waals surface area contributed by atoms with Crippen molar-refractivity contribution in [3.63, 3.8) is 0 Å². The first-order chi connectivity index (χ1) is 11.9. The molecule has 4 unspecified atom stereocenters. The smallest absolute Gasteiger partial charge is 0.172 e. The lowest BCUT2D eigenvalue weighted by Gasteiger charge is -2.70. The van der Waals surface area contributed by atoms with Gasteiger partial charge in [-0.05, 0) is 60.8 Å². The molecule has 4 bridgehead atoms. The summed E-state index contributed by atoms with van der Waals surface area (Å²) in [6.07, 6.45) is 6.03. The topological polar surface area (TPSA) is 52.6 Å². The highest BCUT2D eigenvalue weighted by Gasteiger charge is 2.75. The molecule has 0 aromatic carbocycles. The number of allylic oxidation sites excluding steroid dienone is 1. The zero-order valence-electron chi connectivity index (χ0n) is 15.3. The lowest BCUT2D eigenvalue weighted by atomic mass is 9.35. The monoisotopic (exact) mass is 344 g/mol. The second-order valence-corrected chi connectivity index (χ2v) is 9.53. The molecule has 0 amide bonds. The zero-order chi connectivity index (χ0) is 17.6. The predicted molar refractivity (Wildman–Crippen MR) is 91.7 cm³/mol. The lowest BCUT2D eigenvalue weighted by Crippen LogP contribution is -2.73. The molecule has 0 aromatic heterocycles. The molecule has 4 nitrogen and oxygen atoms in total. The molecular formula is C21H28O4. The van der Waals surface area contributed by atoms with Gasteiger partial charge >= 0.3 is 0 Å². The minimum atomic E-state index is -0.835. The molecule has 7 atom stereocenters. The standard InChI is InChI=1S/C21H28O4/c1-12-13-5-8-21(17(12)23)15(9-13)20-7-4-6-19(2,11-25-18(20)24-3)14(20)10-16(21)22/h13-15,18H,1,4-11H2,2-3H3/t13-,14?,15?,18-,19+,20?,21?/m1/s1. The minimum Gasteiger partial charge on any atom is -0.355 e. The van der Waals surface area contributed by atoms with Crippen LogP contribution < -0.4 is 0 Å². The van der Waals surface area contributed by atoms with Crippen molar-refractivity contribution in [3.8, 4) is 0 Å². The molecule has 6 aliphatic rings. The summed E-state index contributed by atoms with van der Waals surface area (Å²) in [7, 11) is 1.72. The van der Waals surface area contributed by atoms with E-state index in [-0.39, 0.29) is 46.4 Å². The summed E-state index contributed by atoms with van der Waals surface area (Å²) in [6, 6.07) is 0. The third-order valence-corrected chi connectivity index (χ3v) is 8.79. The van der Waals surface area contributed by atoms with Crippen molar-refractivity contribution >= 4 is 11.6 Å². The van der Waals surface area contributed by atoms with E-state index in [4.69, 9.17) is 9.47 Å². The van der Waals surface area contributed by atoms with Crippen LogP contribution in [0.2, 0.25) is 0 Å². The maximum absolute atomic E-state index is 13.4. The Bertz CT molecular complexity index is 683. The summed E-state index contributed by atoms with van der Waals surface area (Å²) in [5, 5.41) is 0. The number of methoxy groups -OCH3 is 1. The molecule has 0 N–H and O–H groups in total. The molecular weight excluding hydrogens is 316 g/mol. The van der Waals surface area contributed by atoms with Gasteiger partial charge in [-0.3, -0.25) is 9.59 Å². The molecule has 1 saturated heterocycles. The van der Waals surface area contributed by atoms with E-state index < -0.39 is 5.41 Å². The fraction of sp³-hybridized carbons (Fsp3) is 0.810. The Morgan fingerprint density at radius 2 is 2.00 bits per heavy atom. The molecule has 136 valence electrons. The molecule has 5 saturated carbocycles. The molecule has 0 radical (unpaired) electrons. The van der Waals surface area contributed by atoms with E-state index in [9.17, 15) is 9.59 Å². The molecule has 1 spiro atoms. The van der Waals surface area contributed by atoms with Gasteiger partial charge in [0, 0.05) is 18.9 Å². The SMILES string of the molecule is C=C1C(=O)C23CC[C@@H]1CC2C12CCC[C@@](C)(CO[C@H]1OC)C2CC3=O. The summed E-state index contributed by atoms with van der Waals surface area (Å²) in [6.45, 7) is 7.01. The maximum atomic E-state index is 13.4. The fourth-order valence-corrected chi connectivity index (χ4v) is 7.72. The summed E-state index contributed by atoms with van der Waals surface area (Å²) in [4.78, 5) is 26.7. The fourth-order valence-electron chi connectivity index (χ4n) is 7.72. The number of Topliss-reactive ketones (excluding diaryl/α,β-unsaturated/α-hetero) is 2. The van der Waals surface area contributed by atoms with E-state index in [1.54, 1.807) is 7.11 Å². The first-order valence-corrected chi connectivity index (χ1v) is 9.81. The van der Waals surface area contributed by atoms with Crippen LogP contribution in [0.5, 0.6) is 0 Å². The number of fused-ring (bicyclic) bond motifs is 2. The van der Waals surface area contributed by atoms with Crippen molar-refractivity contribution < 1.29 is 19.1 Å². The number of carbonyl (C=O) groups excluding carboxylic acids is 2. The number of ether oxygens (including phenoxy) is 2. The molecule has 5 aliphatic carbocycles. The van der Waals surface area contributed by atoms with E-state index in [1.165, 1.54) is 0 Å². The highest BCUT2D eigenvalue weighted by molar-refractivity contribution is 6.16. The normalized spacial score (nSPS) is 54.2. The van der Waals surface area contributed by atoms with Crippen LogP contribution in [0.1, 0.15) is 51.9 Å². The number of rotatable bonds is 1. The Balaban J connectivity index is 1.72. The first-order valence-electron chi connectivity index (χ1n) is 9.81. The van der Waals surface area contributed by atoms with Crippen LogP contribution in [0, 0.1) is 34.0 Å². The van der Waals surface area contributed by atoms with Gasteiger partial charge in [0.15, 0.2) is 12.1 Å². The van der Waals surface area contributed by atoms with Crippen molar-refractivity contribution in [2.45, 2.75) is 58.2 Å². The molecule has 6 rings (SSSR count). The average molecular weight is 344 g/mol. The lowest BCUT2D eigenvalue weighted by molar-refractivity contribution is -0.329. The Hall–Kier alpha value is -1.00. The molecule has 4 heteroatoms. The van der Waals surface area contributed by atoms with Crippen molar-refractivity contribution in [1.29, 1.82) is 0 Å². The molecule has 0 aromatic rings. The van der Waals surface area contributed by atoms with Gasteiger partial charge in [0.2, 0.25) is 0 Å². The van der Waals surface area contributed by atoms with Crippen LogP contribution in [0.3, 0.4) is 0 Å². The maximum Gasteiger partial charge on any atom is 0.172 e. The van der Waals surface area contributed by atoms with E-state index >= 15 is 0 Å². The second-order valence-electron chi connectivity index (χ2n) is 9.53. The van der Waals surface area contributed by atoms with Crippen LogP contribution >= 0.6 is 0 Å². The molecule has 6 fully saturated rings. The van der Waals surface area contributed by atoms with Gasteiger partial charge in [0.05, 0.1) is 12.0 Å². The summed E-state index contributed by atoms with van der Waals surface area (Å²) < 4.78 is 12.1. The van der Waals surface area contributed by atoms with Crippen LogP contribution in [-0.2, 0) is 19.1 Å². The van der Waals surface area contributed by atoms with Gasteiger partial charge < -0.3 is 9.47 Å². The van der Waals surface area contributed by atoms with Gasteiger partial charge in [-0.2, -0.15) is 0 Å².